The largest absolute Gasteiger partial charge is 0.418 e. The molecule has 1 aromatic heterocycles. The van der Waals surface area contributed by atoms with E-state index in [0.717, 1.165) is 12.1 Å². The molecule has 7 nitrogen and oxygen atoms in total. The number of H-pyrrole nitrogens is 1. The molecule has 0 radical (unpaired) electrons. The smallest absolute Gasteiger partial charge is 0.267 e. The Balaban J connectivity index is 2.40. The van der Waals surface area contributed by atoms with Crippen LogP contribution >= 0.6 is 0 Å². The van der Waals surface area contributed by atoms with Crippen LogP contribution < -0.4 is 11.1 Å². The van der Waals surface area contributed by atoms with E-state index in [1.807, 2.05) is 0 Å². The van der Waals surface area contributed by atoms with Gasteiger partial charge in [0.1, 0.15) is 0 Å². The first-order valence-electron chi connectivity index (χ1n) is 6.80. The van der Waals surface area contributed by atoms with E-state index in [-0.39, 0.29) is 10.8 Å². The van der Waals surface area contributed by atoms with Gasteiger partial charge in [0.25, 0.3) is 16.8 Å². The molecule has 128 valence electrons. The monoisotopic (exact) mass is 351 g/mol. The highest BCUT2D eigenvalue weighted by Gasteiger charge is 2.36. The van der Waals surface area contributed by atoms with Crippen LogP contribution in [-0.4, -0.2) is 14.7 Å². The zero-order valence-electron chi connectivity index (χ0n) is 12.2. The summed E-state index contributed by atoms with van der Waals surface area (Å²) in [6.07, 6.45) is -4.97. The number of hydrogen-bond acceptors (Lipinski definition) is 4. The molecule has 0 bridgehead atoms. The van der Waals surface area contributed by atoms with Gasteiger partial charge in [0.15, 0.2) is 0 Å². The maximum Gasteiger partial charge on any atom is 0.418 e. The summed E-state index contributed by atoms with van der Waals surface area (Å²) in [5.74, 6) is 0. The lowest BCUT2D eigenvalue weighted by atomic mass is 10.1. The Bertz CT molecular complexity index is 1120. The number of aromatic nitrogens is 2. The first-order chi connectivity index (χ1) is 11.7. The molecule has 0 aliphatic rings. The van der Waals surface area contributed by atoms with Crippen molar-refractivity contribution in [2.75, 3.05) is 0 Å². The van der Waals surface area contributed by atoms with Crippen molar-refractivity contribution in [2.45, 2.75) is 6.18 Å². The van der Waals surface area contributed by atoms with Gasteiger partial charge in [0.05, 0.1) is 26.9 Å². The molecule has 25 heavy (non-hydrogen) atoms. The minimum Gasteiger partial charge on any atom is -0.267 e. The predicted molar refractivity (Wildman–Crippen MR) is 81.8 cm³/mol. The molecule has 0 saturated carbocycles. The van der Waals surface area contributed by atoms with Crippen molar-refractivity contribution < 1.29 is 18.1 Å². The Morgan fingerprint density at radius 2 is 1.68 bits per heavy atom. The van der Waals surface area contributed by atoms with E-state index in [1.54, 1.807) is 0 Å². The van der Waals surface area contributed by atoms with Crippen LogP contribution in [0.25, 0.3) is 16.5 Å². The highest BCUT2D eigenvalue weighted by Crippen LogP contribution is 2.35. The van der Waals surface area contributed by atoms with Gasteiger partial charge in [0, 0.05) is 12.1 Å². The number of nitro benzene ring substituents is 1. The van der Waals surface area contributed by atoms with Crippen molar-refractivity contribution in [2.24, 2.45) is 0 Å². The third-order valence-corrected chi connectivity index (χ3v) is 3.56. The van der Waals surface area contributed by atoms with Crippen molar-refractivity contribution in [3.05, 3.63) is 78.8 Å². The molecule has 1 N–H and O–H groups in total. The number of rotatable bonds is 2. The zero-order chi connectivity index (χ0) is 18.4. The standard InChI is InChI=1S/C15H8F3N3O4/c16-15(17,18)11-7-8(21(24)25)5-6-12(11)20-14(23)10-4-2-1-3-9(10)13(22)19-20/h1-7H,(H,19,22). The van der Waals surface area contributed by atoms with Crippen LogP contribution in [0.5, 0.6) is 0 Å². The highest BCUT2D eigenvalue weighted by molar-refractivity contribution is 5.80. The number of nitrogens with one attached hydrogen (secondary N) is 1. The quantitative estimate of drug-likeness (QED) is 0.567. The summed E-state index contributed by atoms with van der Waals surface area (Å²) >= 11 is 0. The fourth-order valence-corrected chi connectivity index (χ4v) is 2.43. The average Bonchev–Trinajstić information content (AvgIpc) is 2.57. The van der Waals surface area contributed by atoms with Gasteiger partial charge in [-0.1, -0.05) is 12.1 Å². The van der Waals surface area contributed by atoms with E-state index >= 15 is 0 Å². The fourth-order valence-electron chi connectivity index (χ4n) is 2.43. The summed E-state index contributed by atoms with van der Waals surface area (Å²) in [6.45, 7) is 0. The Kier molecular flexibility index (Phi) is 3.67. The molecular formula is C15H8F3N3O4. The summed E-state index contributed by atoms with van der Waals surface area (Å²) < 4.78 is 40.3. The first kappa shape index (κ1) is 16.4. The molecule has 0 unspecified atom stereocenters. The van der Waals surface area contributed by atoms with Crippen LogP contribution in [0.2, 0.25) is 0 Å². The predicted octanol–water partition coefficient (Wildman–Crippen LogP) is 2.61. The lowest BCUT2D eigenvalue weighted by molar-refractivity contribution is -0.385. The Labute approximate surface area is 136 Å². The maximum atomic E-state index is 13.3. The summed E-state index contributed by atoms with van der Waals surface area (Å²) in [7, 11) is 0. The second-order valence-electron chi connectivity index (χ2n) is 5.08. The third kappa shape index (κ3) is 2.77. The minimum absolute atomic E-state index is 0.0271. The Morgan fingerprint density at radius 3 is 2.28 bits per heavy atom. The van der Waals surface area contributed by atoms with Crippen molar-refractivity contribution in [1.82, 2.24) is 9.78 Å². The molecule has 0 aliphatic heterocycles. The Hall–Kier alpha value is -3.43. The van der Waals surface area contributed by atoms with E-state index in [4.69, 9.17) is 0 Å². The molecule has 0 amide bonds. The van der Waals surface area contributed by atoms with E-state index < -0.39 is 39.2 Å². The number of alkyl halides is 3. The van der Waals surface area contributed by atoms with Crippen molar-refractivity contribution in [3.8, 4) is 5.69 Å². The lowest BCUT2D eigenvalue weighted by Crippen LogP contribution is -2.30. The highest BCUT2D eigenvalue weighted by atomic mass is 19.4. The van der Waals surface area contributed by atoms with E-state index in [0.29, 0.717) is 10.7 Å². The molecule has 2 aromatic carbocycles. The van der Waals surface area contributed by atoms with Crippen LogP contribution in [0.1, 0.15) is 5.56 Å². The van der Waals surface area contributed by atoms with Gasteiger partial charge in [-0.25, -0.2) is 4.68 Å². The maximum absolute atomic E-state index is 13.3. The van der Waals surface area contributed by atoms with E-state index in [2.05, 4.69) is 5.10 Å². The second kappa shape index (κ2) is 5.58. The van der Waals surface area contributed by atoms with Crippen molar-refractivity contribution in [3.63, 3.8) is 0 Å². The number of fused-ring (bicyclic) bond motifs is 1. The first-order valence-corrected chi connectivity index (χ1v) is 6.80. The molecule has 0 spiro atoms. The number of aromatic amines is 1. The Morgan fingerprint density at radius 1 is 1.04 bits per heavy atom. The van der Waals surface area contributed by atoms with Gasteiger partial charge in [-0.15, -0.1) is 0 Å². The normalized spacial score (nSPS) is 11.6. The molecule has 1 heterocycles. The summed E-state index contributed by atoms with van der Waals surface area (Å²) in [5.41, 5.74) is -4.54. The molecule has 0 aliphatic carbocycles. The van der Waals surface area contributed by atoms with Gasteiger partial charge in [-0.05, 0) is 18.2 Å². The number of non-ortho nitro benzene ring substituents is 1. The van der Waals surface area contributed by atoms with Gasteiger partial charge in [-0.2, -0.15) is 13.2 Å². The topological polar surface area (TPSA) is 98.0 Å². The zero-order valence-corrected chi connectivity index (χ0v) is 12.2. The SMILES string of the molecule is O=c1[nH]n(-c2ccc([N+](=O)[O-])cc2C(F)(F)F)c(=O)c2ccccc12. The summed E-state index contributed by atoms with van der Waals surface area (Å²) in [5, 5.41) is 12.8. The third-order valence-electron chi connectivity index (χ3n) is 3.56. The van der Waals surface area contributed by atoms with Gasteiger partial charge >= 0.3 is 6.18 Å². The fraction of sp³-hybridized carbons (Fsp3) is 0.0667. The van der Waals surface area contributed by atoms with E-state index in [1.165, 1.54) is 24.3 Å². The summed E-state index contributed by atoms with van der Waals surface area (Å²) in [4.78, 5) is 34.3. The van der Waals surface area contributed by atoms with Crippen LogP contribution in [-0.2, 0) is 6.18 Å². The van der Waals surface area contributed by atoms with E-state index in [9.17, 15) is 32.9 Å². The van der Waals surface area contributed by atoms with Crippen molar-refractivity contribution in [1.29, 1.82) is 0 Å². The number of halogens is 3. The van der Waals surface area contributed by atoms with Crippen LogP contribution in [0.3, 0.4) is 0 Å². The molecule has 0 atom stereocenters. The molecule has 0 saturated heterocycles. The second-order valence-corrected chi connectivity index (χ2v) is 5.08. The molecular weight excluding hydrogens is 343 g/mol. The molecule has 3 aromatic rings. The van der Waals surface area contributed by atoms with Crippen LogP contribution in [0, 0.1) is 10.1 Å². The number of hydrogen-bond donors (Lipinski definition) is 1. The van der Waals surface area contributed by atoms with Crippen molar-refractivity contribution >= 4 is 16.5 Å². The summed E-state index contributed by atoms with van der Waals surface area (Å²) in [6, 6.07) is 7.55. The molecule has 0 fully saturated rings. The van der Waals surface area contributed by atoms with Crippen LogP contribution in [0.15, 0.2) is 52.1 Å². The molecule has 3 rings (SSSR count). The van der Waals surface area contributed by atoms with Crippen LogP contribution in [0.4, 0.5) is 18.9 Å². The molecule has 10 heteroatoms. The minimum atomic E-state index is -4.97. The lowest BCUT2D eigenvalue weighted by Gasteiger charge is -2.14. The van der Waals surface area contributed by atoms with Gasteiger partial charge in [-0.3, -0.25) is 24.8 Å². The number of nitro groups is 1. The van der Waals surface area contributed by atoms with Gasteiger partial charge in [0.2, 0.25) is 0 Å². The van der Waals surface area contributed by atoms with Gasteiger partial charge < -0.3 is 0 Å². The number of nitrogens with zero attached hydrogens (tertiary/aromatic N) is 2. The average molecular weight is 351 g/mol. The number of benzene rings is 2.